The minimum absolute atomic E-state index is 0.124. The Balaban J connectivity index is 2.86. The molecule has 0 radical (unpaired) electrons. The topological polar surface area (TPSA) is 123 Å². The first-order chi connectivity index (χ1) is 7.91. The normalized spacial score (nSPS) is 10.5. The third kappa shape index (κ3) is 3.44. The Morgan fingerprint density at radius 2 is 2.12 bits per heavy atom. The van der Waals surface area contributed by atoms with Crippen molar-refractivity contribution in [3.05, 3.63) is 5.69 Å². The Kier molecular flexibility index (Phi) is 4.02. The Morgan fingerprint density at radius 3 is 2.53 bits per heavy atom. The number of nitrogens with two attached hydrogens (primary N) is 1. The zero-order valence-corrected chi connectivity index (χ0v) is 9.58. The van der Waals surface area contributed by atoms with Gasteiger partial charge in [0.25, 0.3) is 5.91 Å². The van der Waals surface area contributed by atoms with Crippen LogP contribution in [0.2, 0.25) is 0 Å². The van der Waals surface area contributed by atoms with Crippen molar-refractivity contribution in [3.8, 4) is 0 Å². The number of aromatic nitrogens is 2. The molecule has 0 spiro atoms. The van der Waals surface area contributed by atoms with Gasteiger partial charge in [-0.05, 0) is 16.2 Å². The lowest BCUT2D eigenvalue weighted by Crippen LogP contribution is -2.38. The first-order valence-corrected chi connectivity index (χ1v) is 5.01. The van der Waals surface area contributed by atoms with Crippen LogP contribution in [0.4, 0.5) is 5.82 Å². The number of amides is 1. The predicted molar refractivity (Wildman–Crippen MR) is 57.1 cm³/mol. The maximum atomic E-state index is 11.9. The third-order valence-corrected chi connectivity index (χ3v) is 1.92. The minimum Gasteiger partial charge on any atom is -0.480 e. The Labute approximate surface area is 97.3 Å². The highest BCUT2D eigenvalue weighted by atomic mass is 16.6. The highest BCUT2D eigenvalue weighted by Crippen LogP contribution is 2.10. The molecule has 0 aromatic carbocycles. The van der Waals surface area contributed by atoms with Crippen molar-refractivity contribution in [2.75, 3.05) is 18.8 Å². The van der Waals surface area contributed by atoms with E-state index in [1.807, 2.05) is 13.8 Å². The van der Waals surface area contributed by atoms with Gasteiger partial charge in [0.15, 0.2) is 0 Å². The van der Waals surface area contributed by atoms with Gasteiger partial charge in [0.1, 0.15) is 6.54 Å². The molecular formula is C9H14N4O4. The number of carbonyl (C=O) groups excluding carboxylic acids is 1. The van der Waals surface area contributed by atoms with Crippen LogP contribution in [-0.4, -0.2) is 45.3 Å². The van der Waals surface area contributed by atoms with E-state index in [0.717, 1.165) is 4.90 Å². The van der Waals surface area contributed by atoms with Crippen molar-refractivity contribution in [2.24, 2.45) is 5.92 Å². The summed E-state index contributed by atoms with van der Waals surface area (Å²) in [5.41, 5.74) is 5.22. The number of anilines is 1. The third-order valence-electron chi connectivity index (χ3n) is 1.92. The van der Waals surface area contributed by atoms with Gasteiger partial charge in [-0.25, -0.2) is 4.63 Å². The number of hydrogen-bond donors (Lipinski definition) is 2. The molecule has 1 aromatic heterocycles. The predicted octanol–water partition coefficient (Wildman–Crippen LogP) is -0.165. The van der Waals surface area contributed by atoms with Crippen molar-refractivity contribution in [2.45, 2.75) is 13.8 Å². The first kappa shape index (κ1) is 12.9. The molecule has 17 heavy (non-hydrogen) atoms. The second-order valence-corrected chi connectivity index (χ2v) is 3.97. The molecule has 0 fully saturated rings. The average molecular weight is 242 g/mol. The number of carboxylic acid groups (broad SMARTS) is 1. The molecule has 0 aliphatic rings. The Bertz CT molecular complexity index is 415. The van der Waals surface area contributed by atoms with E-state index < -0.39 is 18.4 Å². The van der Waals surface area contributed by atoms with Gasteiger partial charge in [0.2, 0.25) is 11.5 Å². The zero-order chi connectivity index (χ0) is 13.0. The molecule has 0 unspecified atom stereocenters. The summed E-state index contributed by atoms with van der Waals surface area (Å²) in [5.74, 6) is -1.72. The molecule has 1 heterocycles. The van der Waals surface area contributed by atoms with Crippen LogP contribution in [0.5, 0.6) is 0 Å². The number of carbonyl (C=O) groups is 2. The van der Waals surface area contributed by atoms with Crippen molar-refractivity contribution < 1.29 is 19.3 Å². The fourth-order valence-corrected chi connectivity index (χ4v) is 1.32. The summed E-state index contributed by atoms with van der Waals surface area (Å²) in [6, 6.07) is 0. The number of hydrogen-bond acceptors (Lipinski definition) is 6. The molecule has 0 saturated carbocycles. The van der Waals surface area contributed by atoms with Crippen LogP contribution < -0.4 is 5.73 Å². The molecule has 0 bridgehead atoms. The van der Waals surface area contributed by atoms with Crippen molar-refractivity contribution in [1.29, 1.82) is 0 Å². The zero-order valence-electron chi connectivity index (χ0n) is 9.58. The fraction of sp³-hybridized carbons (Fsp3) is 0.556. The summed E-state index contributed by atoms with van der Waals surface area (Å²) < 4.78 is 4.31. The van der Waals surface area contributed by atoms with Crippen LogP contribution in [0.15, 0.2) is 4.63 Å². The van der Waals surface area contributed by atoms with E-state index in [0.29, 0.717) is 0 Å². The van der Waals surface area contributed by atoms with Gasteiger partial charge in [0, 0.05) is 6.54 Å². The molecule has 3 N–H and O–H groups in total. The van der Waals surface area contributed by atoms with E-state index in [4.69, 9.17) is 10.8 Å². The lowest BCUT2D eigenvalue weighted by molar-refractivity contribution is -0.137. The van der Waals surface area contributed by atoms with Gasteiger partial charge in [-0.1, -0.05) is 13.8 Å². The molecular weight excluding hydrogens is 228 g/mol. The fourth-order valence-electron chi connectivity index (χ4n) is 1.32. The summed E-state index contributed by atoms with van der Waals surface area (Å²) in [6.45, 7) is 3.61. The molecule has 1 amide bonds. The van der Waals surface area contributed by atoms with E-state index in [1.54, 1.807) is 0 Å². The lowest BCUT2D eigenvalue weighted by atomic mass is 10.2. The minimum atomic E-state index is -1.10. The van der Waals surface area contributed by atoms with Gasteiger partial charge in [0.05, 0.1) is 0 Å². The Hall–Kier alpha value is -2.12. The first-order valence-electron chi connectivity index (χ1n) is 5.01. The molecule has 0 atom stereocenters. The van der Waals surface area contributed by atoms with Crippen molar-refractivity contribution in [1.82, 2.24) is 15.2 Å². The number of rotatable bonds is 5. The van der Waals surface area contributed by atoms with Gasteiger partial charge in [-0.15, -0.1) is 0 Å². The van der Waals surface area contributed by atoms with Crippen LogP contribution in [0, 0.1) is 5.92 Å². The average Bonchev–Trinajstić information content (AvgIpc) is 2.61. The highest BCUT2D eigenvalue weighted by molar-refractivity contribution is 5.97. The molecule has 0 aliphatic carbocycles. The van der Waals surface area contributed by atoms with Crippen LogP contribution >= 0.6 is 0 Å². The number of carboxylic acids is 1. The van der Waals surface area contributed by atoms with Crippen LogP contribution in [0.3, 0.4) is 0 Å². The maximum absolute atomic E-state index is 11.9. The number of nitrogens with zero attached hydrogens (tertiary/aromatic N) is 3. The highest BCUT2D eigenvalue weighted by Gasteiger charge is 2.24. The van der Waals surface area contributed by atoms with Gasteiger partial charge < -0.3 is 15.7 Å². The van der Waals surface area contributed by atoms with Crippen LogP contribution in [0.25, 0.3) is 0 Å². The summed E-state index contributed by atoms with van der Waals surface area (Å²) in [6.07, 6.45) is 0. The van der Waals surface area contributed by atoms with Crippen LogP contribution in [0.1, 0.15) is 24.3 Å². The standard InChI is InChI=1S/C9H14N4O4/c1-5(2)3-13(4-6(14)15)9(16)7-8(10)12-17-11-7/h5H,3-4H2,1-2H3,(H2,10,12)(H,14,15). The molecule has 1 aromatic rings. The smallest absolute Gasteiger partial charge is 0.323 e. The Morgan fingerprint density at radius 1 is 1.47 bits per heavy atom. The summed E-state index contributed by atoms with van der Waals surface area (Å²) in [7, 11) is 0. The van der Waals surface area contributed by atoms with Crippen LogP contribution in [-0.2, 0) is 4.79 Å². The van der Waals surface area contributed by atoms with Crippen molar-refractivity contribution in [3.63, 3.8) is 0 Å². The summed E-state index contributed by atoms with van der Waals surface area (Å²) in [5, 5.41) is 15.4. The maximum Gasteiger partial charge on any atom is 0.323 e. The monoisotopic (exact) mass is 242 g/mol. The molecule has 94 valence electrons. The SMILES string of the molecule is CC(C)CN(CC(=O)O)C(=O)c1nonc1N. The van der Waals surface area contributed by atoms with Gasteiger partial charge in [-0.2, -0.15) is 0 Å². The molecule has 8 nitrogen and oxygen atoms in total. The molecule has 0 saturated heterocycles. The molecule has 1 rings (SSSR count). The van der Waals surface area contributed by atoms with E-state index in [9.17, 15) is 9.59 Å². The van der Waals surface area contributed by atoms with Gasteiger partial charge >= 0.3 is 5.97 Å². The second kappa shape index (κ2) is 5.28. The number of nitrogen functional groups attached to an aromatic ring is 1. The summed E-state index contributed by atoms with van der Waals surface area (Å²) in [4.78, 5) is 23.7. The van der Waals surface area contributed by atoms with E-state index in [2.05, 4.69) is 14.9 Å². The van der Waals surface area contributed by atoms with E-state index >= 15 is 0 Å². The van der Waals surface area contributed by atoms with Gasteiger partial charge in [-0.3, -0.25) is 9.59 Å². The summed E-state index contributed by atoms with van der Waals surface area (Å²) >= 11 is 0. The second-order valence-electron chi connectivity index (χ2n) is 3.97. The van der Waals surface area contributed by atoms with Crippen molar-refractivity contribution >= 4 is 17.7 Å². The quantitative estimate of drug-likeness (QED) is 0.734. The lowest BCUT2D eigenvalue weighted by Gasteiger charge is -2.21. The molecule has 8 heteroatoms. The van der Waals surface area contributed by atoms with E-state index in [1.165, 1.54) is 0 Å². The number of aliphatic carboxylic acids is 1. The molecule has 0 aliphatic heterocycles. The van der Waals surface area contributed by atoms with E-state index in [-0.39, 0.29) is 24.0 Å². The largest absolute Gasteiger partial charge is 0.480 e.